The summed E-state index contributed by atoms with van der Waals surface area (Å²) in [5.41, 5.74) is 5.01. The van der Waals surface area contributed by atoms with Gasteiger partial charge in [0.1, 0.15) is 17.3 Å². The number of hydrogen-bond acceptors (Lipinski definition) is 6. The van der Waals surface area contributed by atoms with E-state index in [-0.39, 0.29) is 5.91 Å². The van der Waals surface area contributed by atoms with Gasteiger partial charge >= 0.3 is 0 Å². The van der Waals surface area contributed by atoms with Crippen LogP contribution in [-0.4, -0.2) is 29.7 Å². The van der Waals surface area contributed by atoms with Crippen molar-refractivity contribution >= 4 is 22.7 Å². The summed E-state index contributed by atoms with van der Waals surface area (Å²) in [4.78, 5) is 20.3. The number of anilines is 1. The van der Waals surface area contributed by atoms with Gasteiger partial charge in [0.25, 0.3) is 11.6 Å². The molecule has 4 aromatic rings. The number of ether oxygens (including phenoxy) is 1. The fourth-order valence-electron chi connectivity index (χ4n) is 4.34. The number of amides is 1. The predicted molar refractivity (Wildman–Crippen MR) is 117 cm³/mol. The molecule has 0 spiro atoms. The number of furan rings is 1. The highest BCUT2D eigenvalue weighted by molar-refractivity contribution is 6.14. The van der Waals surface area contributed by atoms with Crippen molar-refractivity contribution in [3.05, 3.63) is 58.7 Å². The maximum Gasteiger partial charge on any atom is 0.259 e. The van der Waals surface area contributed by atoms with E-state index >= 15 is 0 Å². The third kappa shape index (κ3) is 3.17. The van der Waals surface area contributed by atoms with E-state index < -0.39 is 0 Å². The summed E-state index contributed by atoms with van der Waals surface area (Å²) in [7, 11) is 1.65. The van der Waals surface area contributed by atoms with Crippen LogP contribution in [0.2, 0.25) is 0 Å². The van der Waals surface area contributed by atoms with E-state index in [1.807, 2.05) is 56.0 Å². The fourth-order valence-corrected chi connectivity index (χ4v) is 4.34. The molecular formula is C24H23N3O4. The number of aromatic nitrogens is 2. The van der Waals surface area contributed by atoms with Crippen LogP contribution in [0.1, 0.15) is 39.6 Å². The van der Waals surface area contributed by atoms with Crippen LogP contribution in [0.5, 0.6) is 5.75 Å². The predicted octanol–water partition coefficient (Wildman–Crippen LogP) is 5.01. The average molecular weight is 417 g/mol. The van der Waals surface area contributed by atoms with Crippen molar-refractivity contribution in [1.29, 1.82) is 0 Å². The topological polar surface area (TPSA) is 81.6 Å². The molecule has 0 unspecified atom stereocenters. The summed E-state index contributed by atoms with van der Waals surface area (Å²) >= 11 is 0. The van der Waals surface area contributed by atoms with Gasteiger partial charge in [0.05, 0.1) is 29.4 Å². The Morgan fingerprint density at radius 1 is 1.16 bits per heavy atom. The number of nitrogens with zero attached hydrogens (tertiary/aromatic N) is 3. The molecule has 1 aliphatic rings. The lowest BCUT2D eigenvalue weighted by molar-refractivity contribution is 0.0986. The van der Waals surface area contributed by atoms with Crippen molar-refractivity contribution in [2.24, 2.45) is 0 Å². The fraction of sp³-hybridized carbons (Fsp3) is 0.292. The molecule has 5 rings (SSSR count). The van der Waals surface area contributed by atoms with Crippen molar-refractivity contribution < 1.29 is 18.5 Å². The van der Waals surface area contributed by atoms with Crippen molar-refractivity contribution in [3.63, 3.8) is 0 Å². The molecule has 4 heterocycles. The van der Waals surface area contributed by atoms with Crippen LogP contribution < -0.4 is 9.64 Å². The molecule has 0 saturated heterocycles. The Kier molecular flexibility index (Phi) is 4.54. The summed E-state index contributed by atoms with van der Waals surface area (Å²) in [6, 6.07) is 9.59. The average Bonchev–Trinajstić information content (AvgIpc) is 3.32. The van der Waals surface area contributed by atoms with Crippen LogP contribution in [0, 0.1) is 20.8 Å². The SMILES string of the molecule is COc1ccc2c(c1)CCCN2C(=O)c1cc(-c2cc(C)oc2C)nc2onc(C)c12. The summed E-state index contributed by atoms with van der Waals surface area (Å²) in [5.74, 6) is 2.23. The molecule has 0 N–H and O–H groups in total. The number of pyridine rings is 1. The second-order valence-electron chi connectivity index (χ2n) is 7.89. The summed E-state index contributed by atoms with van der Waals surface area (Å²) in [6.45, 7) is 6.24. The largest absolute Gasteiger partial charge is 0.497 e. The van der Waals surface area contributed by atoms with Gasteiger partial charge in [-0.15, -0.1) is 0 Å². The van der Waals surface area contributed by atoms with Crippen LogP contribution in [0.3, 0.4) is 0 Å². The van der Waals surface area contributed by atoms with E-state index in [9.17, 15) is 4.79 Å². The molecule has 3 aromatic heterocycles. The lowest BCUT2D eigenvalue weighted by atomic mass is 9.99. The summed E-state index contributed by atoms with van der Waals surface area (Å²) in [6.07, 6.45) is 1.79. The van der Waals surface area contributed by atoms with E-state index in [2.05, 4.69) is 10.1 Å². The first kappa shape index (κ1) is 19.4. The van der Waals surface area contributed by atoms with Crippen LogP contribution in [0.15, 0.2) is 39.3 Å². The quantitative estimate of drug-likeness (QED) is 0.466. The van der Waals surface area contributed by atoms with E-state index in [0.717, 1.165) is 46.9 Å². The lowest BCUT2D eigenvalue weighted by Gasteiger charge is -2.30. The zero-order valence-corrected chi connectivity index (χ0v) is 18.0. The zero-order valence-electron chi connectivity index (χ0n) is 18.0. The van der Waals surface area contributed by atoms with Gasteiger partial charge in [-0.25, -0.2) is 4.98 Å². The molecule has 7 heteroatoms. The van der Waals surface area contributed by atoms with Gasteiger partial charge in [-0.05, 0) is 69.5 Å². The van der Waals surface area contributed by atoms with Crippen LogP contribution in [0.25, 0.3) is 22.4 Å². The number of carbonyl (C=O) groups excluding carboxylic acids is 1. The Bertz CT molecular complexity index is 1320. The Hall–Kier alpha value is -3.61. The van der Waals surface area contributed by atoms with Crippen LogP contribution in [0.4, 0.5) is 5.69 Å². The molecule has 1 aromatic carbocycles. The number of aryl methyl sites for hydroxylation is 4. The van der Waals surface area contributed by atoms with Crippen LogP contribution >= 0.6 is 0 Å². The third-order valence-electron chi connectivity index (χ3n) is 5.81. The first-order chi connectivity index (χ1) is 15.0. The molecule has 0 radical (unpaired) electrons. The van der Waals surface area contributed by atoms with Gasteiger partial charge in [-0.2, -0.15) is 0 Å². The van der Waals surface area contributed by atoms with Crippen LogP contribution in [-0.2, 0) is 6.42 Å². The molecule has 0 fully saturated rings. The summed E-state index contributed by atoms with van der Waals surface area (Å²) < 4.78 is 16.5. The maximum absolute atomic E-state index is 13.8. The van der Waals surface area contributed by atoms with Gasteiger partial charge in [0.2, 0.25) is 0 Å². The Labute approximate surface area is 179 Å². The first-order valence-electron chi connectivity index (χ1n) is 10.3. The third-order valence-corrected chi connectivity index (χ3v) is 5.81. The summed E-state index contributed by atoms with van der Waals surface area (Å²) in [5, 5.41) is 4.71. The molecule has 0 bridgehead atoms. The van der Waals surface area contributed by atoms with E-state index in [0.29, 0.717) is 34.6 Å². The molecule has 0 saturated carbocycles. The van der Waals surface area contributed by atoms with Gasteiger partial charge < -0.3 is 18.6 Å². The minimum atomic E-state index is -0.0936. The van der Waals surface area contributed by atoms with E-state index in [4.69, 9.17) is 13.7 Å². The zero-order chi connectivity index (χ0) is 21.7. The molecule has 31 heavy (non-hydrogen) atoms. The highest BCUT2D eigenvalue weighted by Crippen LogP contribution is 2.35. The number of rotatable bonds is 3. The number of methoxy groups -OCH3 is 1. The second kappa shape index (κ2) is 7.27. The van der Waals surface area contributed by atoms with Crippen molar-refractivity contribution in [1.82, 2.24) is 10.1 Å². The van der Waals surface area contributed by atoms with Gasteiger partial charge in [-0.1, -0.05) is 5.16 Å². The monoisotopic (exact) mass is 417 g/mol. The minimum absolute atomic E-state index is 0.0936. The Morgan fingerprint density at radius 3 is 2.74 bits per heavy atom. The highest BCUT2D eigenvalue weighted by atomic mass is 16.5. The standard InChI is InChI=1S/C24H23N3O4/c1-13-10-18(15(3)30-13)20-12-19(22-14(2)26-31-23(22)25-20)24(28)27-9-5-6-16-11-17(29-4)7-8-21(16)27/h7-8,10-12H,5-6,9H2,1-4H3. The van der Waals surface area contributed by atoms with Crippen molar-refractivity contribution in [2.75, 3.05) is 18.6 Å². The number of carbonyl (C=O) groups is 1. The van der Waals surface area contributed by atoms with Gasteiger partial charge in [0.15, 0.2) is 0 Å². The molecule has 158 valence electrons. The number of hydrogen-bond donors (Lipinski definition) is 0. The molecule has 1 amide bonds. The highest BCUT2D eigenvalue weighted by Gasteiger charge is 2.28. The number of fused-ring (bicyclic) bond motifs is 2. The second-order valence-corrected chi connectivity index (χ2v) is 7.89. The van der Waals surface area contributed by atoms with E-state index in [1.165, 1.54) is 0 Å². The van der Waals surface area contributed by atoms with Crippen molar-refractivity contribution in [2.45, 2.75) is 33.6 Å². The molecule has 0 atom stereocenters. The maximum atomic E-state index is 13.8. The molecule has 7 nitrogen and oxygen atoms in total. The number of benzene rings is 1. The Morgan fingerprint density at radius 2 is 2.00 bits per heavy atom. The lowest BCUT2D eigenvalue weighted by Crippen LogP contribution is -2.35. The van der Waals surface area contributed by atoms with Gasteiger partial charge in [0, 0.05) is 17.8 Å². The molecule has 1 aliphatic heterocycles. The molecule has 0 aliphatic carbocycles. The Balaban J connectivity index is 1.66. The van der Waals surface area contributed by atoms with Gasteiger partial charge in [-0.3, -0.25) is 4.79 Å². The minimum Gasteiger partial charge on any atom is -0.497 e. The van der Waals surface area contributed by atoms with Crippen molar-refractivity contribution in [3.8, 4) is 17.0 Å². The van der Waals surface area contributed by atoms with E-state index in [1.54, 1.807) is 7.11 Å². The normalized spacial score (nSPS) is 13.5. The first-order valence-corrected chi connectivity index (χ1v) is 10.3. The molecular weight excluding hydrogens is 394 g/mol. The smallest absolute Gasteiger partial charge is 0.259 e.